The van der Waals surface area contributed by atoms with Crippen LogP contribution >= 0.6 is 0 Å². The maximum absolute atomic E-state index is 11.3. The fraction of sp³-hybridized carbons (Fsp3) is 0.737. The lowest BCUT2D eigenvalue weighted by atomic mass is 9.83. The van der Waals surface area contributed by atoms with Gasteiger partial charge in [0.15, 0.2) is 5.78 Å². The number of carbonyl (C=O) groups is 1. The predicted octanol–water partition coefficient (Wildman–Crippen LogP) is 6.10. The van der Waals surface area contributed by atoms with Crippen LogP contribution in [0, 0.1) is 11.3 Å². The zero-order chi connectivity index (χ0) is 15.6. The number of allylic oxidation sites excluding steroid dienone is 4. The van der Waals surface area contributed by atoms with Crippen LogP contribution in [0.5, 0.6) is 0 Å². The number of hydrogen-bond donors (Lipinski definition) is 0. The lowest BCUT2D eigenvalue weighted by molar-refractivity contribution is -0.114. The van der Waals surface area contributed by atoms with E-state index in [9.17, 15) is 4.79 Å². The molecule has 0 aromatic rings. The summed E-state index contributed by atoms with van der Waals surface area (Å²) in [7, 11) is 0. The van der Waals surface area contributed by atoms with Crippen LogP contribution in [-0.4, -0.2) is 5.78 Å². The molecule has 1 unspecified atom stereocenters. The van der Waals surface area contributed by atoms with Gasteiger partial charge in [-0.15, -0.1) is 0 Å². The molecule has 20 heavy (non-hydrogen) atoms. The van der Waals surface area contributed by atoms with Gasteiger partial charge in [0.25, 0.3) is 0 Å². The highest BCUT2D eigenvalue weighted by Gasteiger charge is 2.14. The van der Waals surface area contributed by atoms with E-state index in [1.54, 1.807) is 6.08 Å². The predicted molar refractivity (Wildman–Crippen MR) is 89.9 cm³/mol. The molecular formula is C19H34O. The lowest BCUT2D eigenvalue weighted by Crippen LogP contribution is -2.09. The number of carbonyl (C=O) groups excluding carboxylic acids is 1. The molecule has 0 fully saturated rings. The summed E-state index contributed by atoms with van der Waals surface area (Å²) in [6, 6.07) is 0. The van der Waals surface area contributed by atoms with Gasteiger partial charge >= 0.3 is 0 Å². The molecule has 0 aliphatic heterocycles. The van der Waals surface area contributed by atoms with Gasteiger partial charge in [0.2, 0.25) is 0 Å². The van der Waals surface area contributed by atoms with E-state index >= 15 is 0 Å². The molecule has 0 radical (unpaired) electrons. The van der Waals surface area contributed by atoms with Gasteiger partial charge in [-0.05, 0) is 42.7 Å². The molecule has 0 amide bonds. The van der Waals surface area contributed by atoms with E-state index < -0.39 is 0 Å². The van der Waals surface area contributed by atoms with Gasteiger partial charge < -0.3 is 0 Å². The van der Waals surface area contributed by atoms with Crippen LogP contribution in [0.4, 0.5) is 0 Å². The molecule has 0 aliphatic carbocycles. The van der Waals surface area contributed by atoms with Crippen molar-refractivity contribution in [2.45, 2.75) is 80.1 Å². The maximum atomic E-state index is 11.3. The van der Waals surface area contributed by atoms with Gasteiger partial charge in [0, 0.05) is 6.42 Å². The van der Waals surface area contributed by atoms with E-state index in [-0.39, 0.29) is 5.78 Å². The van der Waals surface area contributed by atoms with Crippen LogP contribution in [0.15, 0.2) is 23.8 Å². The molecule has 0 rings (SSSR count). The fourth-order valence-corrected chi connectivity index (χ4v) is 2.11. The third-order valence-corrected chi connectivity index (χ3v) is 4.16. The third-order valence-electron chi connectivity index (χ3n) is 4.16. The Morgan fingerprint density at radius 3 is 2.45 bits per heavy atom. The van der Waals surface area contributed by atoms with E-state index in [0.717, 1.165) is 17.9 Å². The summed E-state index contributed by atoms with van der Waals surface area (Å²) in [5, 5.41) is 0. The third kappa shape index (κ3) is 10.00. The highest BCUT2D eigenvalue weighted by molar-refractivity contribution is 5.90. The molecule has 1 atom stereocenters. The Bertz CT molecular complexity index is 334. The van der Waals surface area contributed by atoms with E-state index in [2.05, 4.69) is 39.8 Å². The summed E-state index contributed by atoms with van der Waals surface area (Å²) in [6.07, 6.45) is 12.9. The Kier molecular flexibility index (Phi) is 9.54. The van der Waals surface area contributed by atoms with Crippen molar-refractivity contribution in [3.63, 3.8) is 0 Å². The molecule has 0 aliphatic rings. The molecule has 0 bridgehead atoms. The number of rotatable bonds is 10. The Hall–Kier alpha value is -0.850. The van der Waals surface area contributed by atoms with Crippen molar-refractivity contribution in [1.29, 1.82) is 0 Å². The highest BCUT2D eigenvalue weighted by atomic mass is 16.1. The van der Waals surface area contributed by atoms with Crippen LogP contribution < -0.4 is 0 Å². The molecule has 1 heteroatoms. The van der Waals surface area contributed by atoms with E-state index in [1.165, 1.54) is 25.7 Å². The average Bonchev–Trinajstić information content (AvgIpc) is 2.38. The average molecular weight is 278 g/mol. The van der Waals surface area contributed by atoms with Gasteiger partial charge in [-0.3, -0.25) is 4.79 Å². The smallest absolute Gasteiger partial charge is 0.155 e. The van der Waals surface area contributed by atoms with E-state index in [0.29, 0.717) is 11.8 Å². The monoisotopic (exact) mass is 278 g/mol. The van der Waals surface area contributed by atoms with Crippen LogP contribution in [-0.2, 0) is 4.79 Å². The Morgan fingerprint density at radius 1 is 1.25 bits per heavy atom. The largest absolute Gasteiger partial charge is 0.295 e. The van der Waals surface area contributed by atoms with Crippen LogP contribution in [0.1, 0.15) is 80.1 Å². The van der Waals surface area contributed by atoms with Gasteiger partial charge in [-0.2, -0.15) is 0 Å². The van der Waals surface area contributed by atoms with Crippen LogP contribution in [0.3, 0.4) is 0 Å². The van der Waals surface area contributed by atoms with Crippen molar-refractivity contribution in [2.75, 3.05) is 0 Å². The summed E-state index contributed by atoms with van der Waals surface area (Å²) in [6.45, 7) is 13.2. The Balaban J connectivity index is 3.96. The van der Waals surface area contributed by atoms with Crippen molar-refractivity contribution in [3.05, 3.63) is 23.8 Å². The molecule has 0 aromatic carbocycles. The molecule has 0 heterocycles. The van der Waals surface area contributed by atoms with E-state index in [4.69, 9.17) is 0 Å². The second kappa shape index (κ2) is 9.96. The second-order valence-corrected chi connectivity index (χ2v) is 6.86. The lowest BCUT2D eigenvalue weighted by Gasteiger charge is -2.23. The van der Waals surface area contributed by atoms with Gasteiger partial charge in [0.05, 0.1) is 0 Å². The summed E-state index contributed by atoms with van der Waals surface area (Å²) >= 11 is 0. The molecule has 0 saturated heterocycles. The van der Waals surface area contributed by atoms with Gasteiger partial charge in [-0.1, -0.05) is 66.0 Å². The summed E-state index contributed by atoms with van der Waals surface area (Å²) < 4.78 is 0. The SMILES string of the molecule is CCC(=O)/C=C(C)/C=C/CC(C)CCCC(C)(C)CC. The number of hydrogen-bond acceptors (Lipinski definition) is 1. The summed E-state index contributed by atoms with van der Waals surface area (Å²) in [5.74, 6) is 0.940. The standard InChI is InChI=1S/C19H34O/c1-7-18(20)15-17(4)12-9-11-16(3)13-10-14-19(5,6)8-2/h9,12,15-16H,7-8,10-11,13-14H2,1-6H3/b12-9+,17-15+. The molecule has 1 nitrogen and oxygen atoms in total. The van der Waals surface area contributed by atoms with Crippen molar-refractivity contribution in [2.24, 2.45) is 11.3 Å². The molecular weight excluding hydrogens is 244 g/mol. The first-order valence-electron chi connectivity index (χ1n) is 8.18. The van der Waals surface area contributed by atoms with Crippen molar-refractivity contribution < 1.29 is 4.79 Å². The zero-order valence-electron chi connectivity index (χ0n) is 14.5. The van der Waals surface area contributed by atoms with Crippen molar-refractivity contribution in [1.82, 2.24) is 0 Å². The molecule has 0 aromatic heterocycles. The molecule has 0 spiro atoms. The van der Waals surface area contributed by atoms with E-state index in [1.807, 2.05) is 13.8 Å². The molecule has 0 saturated carbocycles. The first-order valence-corrected chi connectivity index (χ1v) is 8.18. The topological polar surface area (TPSA) is 17.1 Å². The summed E-state index contributed by atoms with van der Waals surface area (Å²) in [5.41, 5.74) is 1.56. The fourth-order valence-electron chi connectivity index (χ4n) is 2.11. The van der Waals surface area contributed by atoms with Gasteiger partial charge in [-0.25, -0.2) is 0 Å². The van der Waals surface area contributed by atoms with Crippen molar-refractivity contribution in [3.8, 4) is 0 Å². The quantitative estimate of drug-likeness (QED) is 0.348. The maximum Gasteiger partial charge on any atom is 0.155 e. The van der Waals surface area contributed by atoms with Crippen molar-refractivity contribution >= 4 is 5.78 Å². The molecule has 0 N–H and O–H groups in total. The highest BCUT2D eigenvalue weighted by Crippen LogP contribution is 2.28. The Labute approximate surface area is 126 Å². The molecule has 116 valence electrons. The second-order valence-electron chi connectivity index (χ2n) is 6.86. The normalized spacial score (nSPS) is 14.8. The Morgan fingerprint density at radius 2 is 1.90 bits per heavy atom. The minimum absolute atomic E-state index is 0.210. The zero-order valence-corrected chi connectivity index (χ0v) is 14.5. The van der Waals surface area contributed by atoms with Gasteiger partial charge in [0.1, 0.15) is 0 Å². The number of ketones is 1. The first kappa shape index (κ1) is 19.1. The summed E-state index contributed by atoms with van der Waals surface area (Å²) in [4.78, 5) is 11.3. The first-order chi connectivity index (χ1) is 9.30. The van der Waals surface area contributed by atoms with Crippen LogP contribution in [0.2, 0.25) is 0 Å². The minimum atomic E-state index is 0.210. The minimum Gasteiger partial charge on any atom is -0.295 e. The van der Waals surface area contributed by atoms with Crippen LogP contribution in [0.25, 0.3) is 0 Å².